The van der Waals surface area contributed by atoms with Crippen molar-refractivity contribution >= 4 is 40.1 Å². The molecule has 4 rings (SSSR count). The Kier molecular flexibility index (Phi) is 5.39. The molecule has 1 N–H and O–H groups in total. The van der Waals surface area contributed by atoms with Gasteiger partial charge in [0.2, 0.25) is 0 Å². The van der Waals surface area contributed by atoms with E-state index in [1.165, 1.54) is 24.3 Å². The molecule has 0 aliphatic carbocycles. The standard InChI is InChI=1S/C21H13Cl2N3O4/c22-15-8-9-18(23)24-17(15)11-30-20(28)12-6-7-14-16(10-12)25-21(29)26(19(14)27)13-4-2-1-3-5-13/h1-10H,11H2,(H,25,29). The van der Waals surface area contributed by atoms with Crippen LogP contribution in [-0.4, -0.2) is 20.5 Å². The minimum Gasteiger partial charge on any atom is -0.456 e. The predicted octanol–water partition coefficient (Wildman–Crippen LogP) is 3.74. The first-order valence-electron chi connectivity index (χ1n) is 8.76. The molecular weight excluding hydrogens is 429 g/mol. The lowest BCUT2D eigenvalue weighted by Crippen LogP contribution is -2.33. The van der Waals surface area contributed by atoms with Crippen LogP contribution < -0.4 is 11.2 Å². The molecule has 150 valence electrons. The monoisotopic (exact) mass is 441 g/mol. The van der Waals surface area contributed by atoms with Gasteiger partial charge in [-0.1, -0.05) is 41.4 Å². The maximum absolute atomic E-state index is 12.8. The molecule has 2 heterocycles. The van der Waals surface area contributed by atoms with Crippen LogP contribution in [0.5, 0.6) is 0 Å². The largest absolute Gasteiger partial charge is 0.456 e. The van der Waals surface area contributed by atoms with E-state index in [0.29, 0.717) is 16.4 Å². The van der Waals surface area contributed by atoms with Gasteiger partial charge in [-0.2, -0.15) is 0 Å². The quantitative estimate of drug-likeness (QED) is 0.384. The van der Waals surface area contributed by atoms with Gasteiger partial charge in [-0.25, -0.2) is 19.1 Å². The van der Waals surface area contributed by atoms with Crippen LogP contribution in [0.4, 0.5) is 0 Å². The lowest BCUT2D eigenvalue weighted by Gasteiger charge is -2.09. The Morgan fingerprint density at radius 2 is 1.80 bits per heavy atom. The summed E-state index contributed by atoms with van der Waals surface area (Å²) in [5.41, 5.74) is 0.0464. The third-order valence-electron chi connectivity index (χ3n) is 4.37. The number of nitrogens with one attached hydrogen (secondary N) is 1. The summed E-state index contributed by atoms with van der Waals surface area (Å²) in [7, 11) is 0. The van der Waals surface area contributed by atoms with E-state index in [9.17, 15) is 14.4 Å². The summed E-state index contributed by atoms with van der Waals surface area (Å²) in [5, 5.41) is 0.800. The van der Waals surface area contributed by atoms with E-state index in [4.69, 9.17) is 27.9 Å². The molecule has 0 saturated carbocycles. The zero-order chi connectivity index (χ0) is 21.3. The Labute approximate surface area is 179 Å². The van der Waals surface area contributed by atoms with E-state index in [0.717, 1.165) is 4.57 Å². The average Bonchev–Trinajstić information content (AvgIpc) is 2.74. The molecule has 4 aromatic rings. The molecule has 2 aromatic heterocycles. The number of ether oxygens (including phenoxy) is 1. The van der Waals surface area contributed by atoms with Crippen molar-refractivity contribution in [3.05, 3.63) is 103 Å². The summed E-state index contributed by atoms with van der Waals surface area (Å²) in [6.45, 7) is -0.178. The molecule has 0 unspecified atom stereocenters. The molecule has 0 aliphatic heterocycles. The van der Waals surface area contributed by atoms with E-state index in [1.54, 1.807) is 36.4 Å². The molecular formula is C21H13Cl2N3O4. The molecule has 0 aliphatic rings. The summed E-state index contributed by atoms with van der Waals surface area (Å²) in [6, 6.07) is 15.9. The number of benzene rings is 2. The third-order valence-corrected chi connectivity index (χ3v) is 4.93. The molecule has 0 radical (unpaired) electrons. The van der Waals surface area contributed by atoms with Crippen LogP contribution in [0.15, 0.2) is 70.3 Å². The van der Waals surface area contributed by atoms with Crippen molar-refractivity contribution in [1.82, 2.24) is 14.5 Å². The topological polar surface area (TPSA) is 94.0 Å². The zero-order valence-electron chi connectivity index (χ0n) is 15.3. The van der Waals surface area contributed by atoms with Crippen LogP contribution in [0.25, 0.3) is 16.6 Å². The van der Waals surface area contributed by atoms with Gasteiger partial charge in [0.25, 0.3) is 5.56 Å². The van der Waals surface area contributed by atoms with Gasteiger partial charge in [-0.3, -0.25) is 4.79 Å². The van der Waals surface area contributed by atoms with E-state index < -0.39 is 17.2 Å². The number of hydrogen-bond acceptors (Lipinski definition) is 5. The van der Waals surface area contributed by atoms with E-state index in [1.807, 2.05) is 0 Å². The first-order valence-corrected chi connectivity index (χ1v) is 9.52. The highest BCUT2D eigenvalue weighted by atomic mass is 35.5. The van der Waals surface area contributed by atoms with Gasteiger partial charge in [0.1, 0.15) is 11.8 Å². The minimum atomic E-state index is -0.664. The van der Waals surface area contributed by atoms with Crippen molar-refractivity contribution in [2.75, 3.05) is 0 Å². The Morgan fingerprint density at radius 3 is 2.57 bits per heavy atom. The van der Waals surface area contributed by atoms with E-state index >= 15 is 0 Å². The number of esters is 1. The van der Waals surface area contributed by atoms with E-state index in [-0.39, 0.29) is 28.2 Å². The van der Waals surface area contributed by atoms with Crippen molar-refractivity contribution in [1.29, 1.82) is 0 Å². The molecule has 0 bridgehead atoms. The number of hydrogen-bond donors (Lipinski definition) is 1. The second-order valence-electron chi connectivity index (χ2n) is 6.31. The van der Waals surface area contributed by atoms with Crippen molar-refractivity contribution in [2.45, 2.75) is 6.61 Å². The molecule has 0 atom stereocenters. The van der Waals surface area contributed by atoms with Gasteiger partial charge in [0.15, 0.2) is 0 Å². The number of halogens is 2. The lowest BCUT2D eigenvalue weighted by molar-refractivity contribution is 0.0468. The van der Waals surface area contributed by atoms with Crippen LogP contribution in [0.2, 0.25) is 10.2 Å². The van der Waals surface area contributed by atoms with Crippen molar-refractivity contribution < 1.29 is 9.53 Å². The maximum atomic E-state index is 12.8. The number of nitrogens with zero attached hydrogens (tertiary/aromatic N) is 2. The Hall–Kier alpha value is -3.42. The molecule has 7 nitrogen and oxygen atoms in total. The highest BCUT2D eigenvalue weighted by Crippen LogP contribution is 2.18. The van der Waals surface area contributed by atoms with Crippen molar-refractivity contribution in [2.24, 2.45) is 0 Å². The Bertz CT molecular complexity index is 1380. The highest BCUT2D eigenvalue weighted by Gasteiger charge is 2.14. The molecule has 2 aromatic carbocycles. The van der Waals surface area contributed by atoms with Gasteiger partial charge < -0.3 is 9.72 Å². The summed E-state index contributed by atoms with van der Waals surface area (Å²) in [6.07, 6.45) is 0. The molecule has 30 heavy (non-hydrogen) atoms. The number of H-pyrrole nitrogens is 1. The smallest absolute Gasteiger partial charge is 0.338 e. The normalized spacial score (nSPS) is 10.9. The van der Waals surface area contributed by atoms with E-state index in [2.05, 4.69) is 9.97 Å². The Balaban J connectivity index is 1.65. The fraction of sp³-hybridized carbons (Fsp3) is 0.0476. The van der Waals surface area contributed by atoms with Crippen LogP contribution in [-0.2, 0) is 11.3 Å². The second kappa shape index (κ2) is 8.14. The fourth-order valence-electron chi connectivity index (χ4n) is 2.93. The molecule has 0 amide bonds. The van der Waals surface area contributed by atoms with Crippen molar-refractivity contribution in [3.63, 3.8) is 0 Å². The predicted molar refractivity (Wildman–Crippen MR) is 114 cm³/mol. The number of carbonyl (C=O) groups is 1. The SMILES string of the molecule is O=C(OCc1nc(Cl)ccc1Cl)c1ccc2c(=O)n(-c3ccccc3)c(=O)[nH]c2c1. The zero-order valence-corrected chi connectivity index (χ0v) is 16.8. The van der Waals surface area contributed by atoms with Gasteiger partial charge in [-0.15, -0.1) is 0 Å². The molecule has 0 spiro atoms. The minimum absolute atomic E-state index is 0.160. The van der Waals surface area contributed by atoms with Gasteiger partial charge >= 0.3 is 11.7 Å². The third kappa shape index (κ3) is 3.85. The number of rotatable bonds is 4. The van der Waals surface area contributed by atoms with Crippen molar-refractivity contribution in [3.8, 4) is 5.69 Å². The van der Waals surface area contributed by atoms with Crippen LogP contribution in [0.1, 0.15) is 16.1 Å². The lowest BCUT2D eigenvalue weighted by atomic mass is 10.1. The maximum Gasteiger partial charge on any atom is 0.338 e. The van der Waals surface area contributed by atoms with Gasteiger partial charge in [0.05, 0.1) is 32.9 Å². The summed E-state index contributed by atoms with van der Waals surface area (Å²) >= 11 is 11.8. The van der Waals surface area contributed by atoms with Gasteiger partial charge in [0, 0.05) is 0 Å². The first kappa shape index (κ1) is 19.9. The summed E-state index contributed by atoms with van der Waals surface area (Å²) in [4.78, 5) is 44.3. The highest BCUT2D eigenvalue weighted by molar-refractivity contribution is 6.32. The number of carbonyl (C=O) groups excluding carboxylic acids is 1. The molecule has 0 fully saturated rings. The summed E-state index contributed by atoms with van der Waals surface area (Å²) < 4.78 is 6.27. The summed E-state index contributed by atoms with van der Waals surface area (Å²) in [5.74, 6) is -0.664. The number of aromatic nitrogens is 3. The number of fused-ring (bicyclic) bond motifs is 1. The van der Waals surface area contributed by atoms with Crippen LogP contribution in [0, 0.1) is 0 Å². The fourth-order valence-corrected chi connectivity index (χ4v) is 3.26. The van der Waals surface area contributed by atoms with Crippen LogP contribution in [0.3, 0.4) is 0 Å². The number of aromatic amines is 1. The number of para-hydroxylation sites is 1. The van der Waals surface area contributed by atoms with Crippen LogP contribution >= 0.6 is 23.2 Å². The molecule has 9 heteroatoms. The number of pyridine rings is 1. The van der Waals surface area contributed by atoms with Gasteiger partial charge in [-0.05, 0) is 42.5 Å². The molecule has 0 saturated heterocycles. The first-order chi connectivity index (χ1) is 14.4. The second-order valence-corrected chi connectivity index (χ2v) is 7.10. The average molecular weight is 442 g/mol. The Morgan fingerprint density at radius 1 is 1.03 bits per heavy atom.